The summed E-state index contributed by atoms with van der Waals surface area (Å²) in [6, 6.07) is 11.2. The molecule has 0 radical (unpaired) electrons. The van der Waals surface area contributed by atoms with Crippen LogP contribution in [-0.4, -0.2) is 42.5 Å². The van der Waals surface area contributed by atoms with Gasteiger partial charge >= 0.3 is 0 Å². The molecule has 0 fully saturated rings. The minimum absolute atomic E-state index is 0.0626. The Hall–Kier alpha value is -3.46. The highest BCUT2D eigenvalue weighted by molar-refractivity contribution is 7.14. The van der Waals surface area contributed by atoms with Crippen LogP contribution in [0.4, 0.5) is 9.52 Å². The van der Waals surface area contributed by atoms with Gasteiger partial charge in [0, 0.05) is 18.5 Å². The third kappa shape index (κ3) is 5.61. The standard InChI is InChI=1S/C23H24FN3O4S/c1-4-27(13-15-9-10-19(30-2)20(11-15)31-3)21(28)12-16-14-32-23(25-16)26-22(29)17-7-5-6-8-18(17)24/h5-11,14H,4,12-13H2,1-3H3,(H,25,26,29). The summed E-state index contributed by atoms with van der Waals surface area (Å²) in [7, 11) is 3.13. The van der Waals surface area contributed by atoms with Gasteiger partial charge in [-0.1, -0.05) is 18.2 Å². The van der Waals surface area contributed by atoms with Crippen molar-refractivity contribution in [3.05, 3.63) is 70.5 Å². The lowest BCUT2D eigenvalue weighted by Crippen LogP contribution is -2.31. The van der Waals surface area contributed by atoms with Crippen molar-refractivity contribution in [1.82, 2.24) is 9.88 Å². The molecule has 32 heavy (non-hydrogen) atoms. The fraction of sp³-hybridized carbons (Fsp3) is 0.261. The molecule has 0 aliphatic heterocycles. The van der Waals surface area contributed by atoms with Gasteiger partial charge in [0.25, 0.3) is 5.91 Å². The molecule has 2 amide bonds. The number of benzene rings is 2. The Kier molecular flexibility index (Phi) is 7.77. The van der Waals surface area contributed by atoms with Gasteiger partial charge in [-0.25, -0.2) is 9.37 Å². The Bertz CT molecular complexity index is 1100. The topological polar surface area (TPSA) is 80.8 Å². The van der Waals surface area contributed by atoms with E-state index in [2.05, 4.69) is 10.3 Å². The monoisotopic (exact) mass is 457 g/mol. The van der Waals surface area contributed by atoms with Crippen molar-refractivity contribution in [2.24, 2.45) is 0 Å². The highest BCUT2D eigenvalue weighted by Crippen LogP contribution is 2.28. The van der Waals surface area contributed by atoms with Gasteiger partial charge in [-0.3, -0.25) is 14.9 Å². The van der Waals surface area contributed by atoms with Crippen LogP contribution >= 0.6 is 11.3 Å². The number of amides is 2. The summed E-state index contributed by atoms with van der Waals surface area (Å²) in [5.74, 6) is -0.0643. The van der Waals surface area contributed by atoms with E-state index in [-0.39, 0.29) is 17.9 Å². The van der Waals surface area contributed by atoms with E-state index in [0.717, 1.165) is 5.56 Å². The van der Waals surface area contributed by atoms with Gasteiger partial charge < -0.3 is 14.4 Å². The second-order valence-electron chi connectivity index (χ2n) is 6.85. The highest BCUT2D eigenvalue weighted by atomic mass is 32.1. The molecule has 7 nitrogen and oxygen atoms in total. The number of halogens is 1. The van der Waals surface area contributed by atoms with Crippen molar-refractivity contribution >= 4 is 28.3 Å². The molecular weight excluding hydrogens is 433 g/mol. The van der Waals surface area contributed by atoms with Crippen LogP contribution in [0.3, 0.4) is 0 Å². The number of thiazole rings is 1. The second kappa shape index (κ2) is 10.7. The SMILES string of the molecule is CCN(Cc1ccc(OC)c(OC)c1)C(=O)Cc1csc(NC(=O)c2ccccc2F)n1. The molecule has 2 aromatic carbocycles. The Labute approximate surface area is 189 Å². The third-order valence-corrected chi connectivity index (χ3v) is 5.59. The molecule has 1 N–H and O–H groups in total. The maximum absolute atomic E-state index is 13.8. The normalized spacial score (nSPS) is 10.5. The molecule has 1 heterocycles. The Morgan fingerprint density at radius 2 is 1.88 bits per heavy atom. The Morgan fingerprint density at radius 1 is 1.12 bits per heavy atom. The van der Waals surface area contributed by atoms with Crippen LogP contribution in [0.25, 0.3) is 0 Å². The van der Waals surface area contributed by atoms with E-state index in [9.17, 15) is 14.0 Å². The molecule has 0 spiro atoms. The smallest absolute Gasteiger partial charge is 0.260 e. The minimum Gasteiger partial charge on any atom is -0.493 e. The zero-order valence-corrected chi connectivity index (χ0v) is 18.9. The quantitative estimate of drug-likeness (QED) is 0.522. The lowest BCUT2D eigenvalue weighted by atomic mass is 10.1. The predicted octanol–water partition coefficient (Wildman–Crippen LogP) is 4.14. The second-order valence-corrected chi connectivity index (χ2v) is 7.71. The summed E-state index contributed by atoms with van der Waals surface area (Å²) in [6.45, 7) is 2.84. The van der Waals surface area contributed by atoms with E-state index in [0.29, 0.717) is 35.4 Å². The first-order valence-corrected chi connectivity index (χ1v) is 10.8. The lowest BCUT2D eigenvalue weighted by Gasteiger charge is -2.21. The number of carbonyl (C=O) groups is 2. The number of nitrogens with zero attached hydrogens (tertiary/aromatic N) is 2. The summed E-state index contributed by atoms with van der Waals surface area (Å²) in [4.78, 5) is 31.1. The lowest BCUT2D eigenvalue weighted by molar-refractivity contribution is -0.130. The number of hydrogen-bond donors (Lipinski definition) is 1. The molecule has 0 atom stereocenters. The molecule has 3 rings (SSSR count). The minimum atomic E-state index is -0.606. The van der Waals surface area contributed by atoms with Crippen LogP contribution in [0.5, 0.6) is 11.5 Å². The summed E-state index contributed by atoms with van der Waals surface area (Å²) >= 11 is 1.19. The number of likely N-dealkylation sites (N-methyl/N-ethyl adjacent to an activating group) is 1. The van der Waals surface area contributed by atoms with Gasteiger partial charge in [0.2, 0.25) is 5.91 Å². The van der Waals surface area contributed by atoms with E-state index in [4.69, 9.17) is 9.47 Å². The van der Waals surface area contributed by atoms with Crippen molar-refractivity contribution in [3.8, 4) is 11.5 Å². The van der Waals surface area contributed by atoms with Gasteiger partial charge in [0.1, 0.15) is 5.82 Å². The van der Waals surface area contributed by atoms with Gasteiger partial charge in [-0.2, -0.15) is 0 Å². The van der Waals surface area contributed by atoms with E-state index >= 15 is 0 Å². The number of aromatic nitrogens is 1. The summed E-state index contributed by atoms with van der Waals surface area (Å²) in [5.41, 5.74) is 1.39. The number of nitrogens with one attached hydrogen (secondary N) is 1. The van der Waals surface area contributed by atoms with Gasteiger partial charge in [0.15, 0.2) is 16.6 Å². The van der Waals surface area contributed by atoms with Crippen molar-refractivity contribution in [1.29, 1.82) is 0 Å². The molecule has 0 saturated carbocycles. The van der Waals surface area contributed by atoms with E-state index < -0.39 is 11.7 Å². The molecule has 0 aliphatic carbocycles. The molecule has 9 heteroatoms. The molecule has 0 unspecified atom stereocenters. The average molecular weight is 458 g/mol. The molecule has 0 saturated heterocycles. The van der Waals surface area contributed by atoms with Crippen molar-refractivity contribution < 1.29 is 23.5 Å². The van der Waals surface area contributed by atoms with E-state index in [1.165, 1.54) is 29.5 Å². The number of anilines is 1. The number of methoxy groups -OCH3 is 2. The van der Waals surface area contributed by atoms with E-state index in [1.54, 1.807) is 36.6 Å². The van der Waals surface area contributed by atoms with Gasteiger partial charge in [0.05, 0.1) is 31.9 Å². The van der Waals surface area contributed by atoms with Crippen molar-refractivity contribution in [2.75, 3.05) is 26.1 Å². The maximum Gasteiger partial charge on any atom is 0.260 e. The number of hydrogen-bond acceptors (Lipinski definition) is 6. The first kappa shape index (κ1) is 23.2. The summed E-state index contributed by atoms with van der Waals surface area (Å²) < 4.78 is 24.4. The van der Waals surface area contributed by atoms with Crippen LogP contribution in [-0.2, 0) is 17.8 Å². The van der Waals surface area contributed by atoms with Crippen LogP contribution < -0.4 is 14.8 Å². The van der Waals surface area contributed by atoms with Gasteiger partial charge in [-0.15, -0.1) is 11.3 Å². The van der Waals surface area contributed by atoms with Crippen LogP contribution in [0.1, 0.15) is 28.5 Å². The molecule has 168 valence electrons. The largest absolute Gasteiger partial charge is 0.493 e. The number of rotatable bonds is 9. The Morgan fingerprint density at radius 3 is 2.56 bits per heavy atom. The first-order chi connectivity index (χ1) is 15.4. The zero-order chi connectivity index (χ0) is 23.1. The zero-order valence-electron chi connectivity index (χ0n) is 18.1. The van der Waals surface area contributed by atoms with Crippen LogP contribution in [0.2, 0.25) is 0 Å². The molecular formula is C23H24FN3O4S. The summed E-state index contributed by atoms with van der Waals surface area (Å²) in [5, 5.41) is 4.59. The summed E-state index contributed by atoms with van der Waals surface area (Å²) in [6.07, 6.45) is 0.0905. The average Bonchev–Trinajstić information content (AvgIpc) is 3.23. The van der Waals surface area contributed by atoms with Gasteiger partial charge in [-0.05, 0) is 36.8 Å². The van der Waals surface area contributed by atoms with Crippen LogP contribution in [0.15, 0.2) is 47.8 Å². The highest BCUT2D eigenvalue weighted by Gasteiger charge is 2.17. The van der Waals surface area contributed by atoms with Crippen molar-refractivity contribution in [3.63, 3.8) is 0 Å². The number of ether oxygens (including phenoxy) is 2. The van der Waals surface area contributed by atoms with Crippen molar-refractivity contribution in [2.45, 2.75) is 19.9 Å². The molecule has 3 aromatic rings. The fourth-order valence-electron chi connectivity index (χ4n) is 3.10. The molecule has 0 bridgehead atoms. The Balaban J connectivity index is 1.63. The predicted molar refractivity (Wildman–Crippen MR) is 121 cm³/mol. The third-order valence-electron chi connectivity index (χ3n) is 4.78. The van der Waals surface area contributed by atoms with E-state index in [1.807, 2.05) is 19.1 Å². The first-order valence-electron chi connectivity index (χ1n) is 9.94. The number of carbonyl (C=O) groups excluding carboxylic acids is 2. The molecule has 1 aromatic heterocycles. The molecule has 0 aliphatic rings. The fourth-order valence-corrected chi connectivity index (χ4v) is 3.80. The maximum atomic E-state index is 13.8. The van der Waals surface area contributed by atoms with Crippen LogP contribution in [0, 0.1) is 5.82 Å².